The van der Waals surface area contributed by atoms with E-state index < -0.39 is 0 Å². The summed E-state index contributed by atoms with van der Waals surface area (Å²) in [4.78, 5) is 35.8. The molecule has 0 atom stereocenters. The smallest absolute Gasteiger partial charge is 0.230 e. The molecule has 0 saturated heterocycles. The molecule has 0 fully saturated rings. The van der Waals surface area contributed by atoms with Crippen molar-refractivity contribution in [1.29, 1.82) is 0 Å². The Morgan fingerprint density at radius 1 is 0.875 bits per heavy atom. The van der Waals surface area contributed by atoms with Crippen molar-refractivity contribution in [3.63, 3.8) is 0 Å². The van der Waals surface area contributed by atoms with Gasteiger partial charge in [0.05, 0.1) is 12.8 Å². The molecule has 4 heteroatoms. The Kier molecular flexibility index (Phi) is 7.42. The number of ketones is 2. The second kappa shape index (κ2) is 8.02. The summed E-state index contributed by atoms with van der Waals surface area (Å²) in [6.07, 6.45) is 0.930. The molecule has 0 aliphatic heterocycles. The number of rotatable bonds is 8. The minimum absolute atomic E-state index is 0.0696. The molecule has 0 radical (unpaired) electrons. The fraction of sp³-hybridized carbons (Fsp3) is 0.750. The SMILES string of the molecule is CCCC(=O)CC(=O)CC(=O)N(CC)CC. The van der Waals surface area contributed by atoms with Gasteiger partial charge in [0.25, 0.3) is 0 Å². The van der Waals surface area contributed by atoms with Crippen LogP contribution in [0.15, 0.2) is 0 Å². The normalized spacial score (nSPS) is 9.94. The predicted molar refractivity (Wildman–Crippen MR) is 62.1 cm³/mol. The standard InChI is InChI=1S/C12H21NO3/c1-4-7-10(14)8-11(15)9-12(16)13(5-2)6-3/h4-9H2,1-3H3. The number of Topliss-reactive ketones (excluding diaryl/α,β-unsaturated/α-hetero) is 2. The van der Waals surface area contributed by atoms with Crippen LogP contribution in [-0.4, -0.2) is 35.5 Å². The fourth-order valence-corrected chi connectivity index (χ4v) is 1.51. The first-order valence-electron chi connectivity index (χ1n) is 5.86. The van der Waals surface area contributed by atoms with Gasteiger partial charge in [-0.1, -0.05) is 6.92 Å². The van der Waals surface area contributed by atoms with Crippen LogP contribution < -0.4 is 0 Å². The Labute approximate surface area is 97.0 Å². The van der Waals surface area contributed by atoms with Gasteiger partial charge in [0.2, 0.25) is 5.91 Å². The number of hydrogen-bond acceptors (Lipinski definition) is 3. The molecule has 92 valence electrons. The van der Waals surface area contributed by atoms with Gasteiger partial charge >= 0.3 is 0 Å². The van der Waals surface area contributed by atoms with Crippen LogP contribution in [0.3, 0.4) is 0 Å². The third-order valence-corrected chi connectivity index (χ3v) is 2.39. The number of hydrogen-bond donors (Lipinski definition) is 0. The van der Waals surface area contributed by atoms with Crippen LogP contribution in [0.4, 0.5) is 0 Å². The highest BCUT2D eigenvalue weighted by molar-refractivity contribution is 6.06. The number of carbonyl (C=O) groups is 3. The molecule has 0 unspecified atom stereocenters. The van der Waals surface area contributed by atoms with Gasteiger partial charge in [0.15, 0.2) is 0 Å². The van der Waals surface area contributed by atoms with E-state index in [4.69, 9.17) is 0 Å². The molecular formula is C12H21NO3. The monoisotopic (exact) mass is 227 g/mol. The number of amides is 1. The first-order chi connectivity index (χ1) is 7.54. The van der Waals surface area contributed by atoms with E-state index in [-0.39, 0.29) is 30.3 Å². The summed E-state index contributed by atoms with van der Waals surface area (Å²) in [5, 5.41) is 0. The molecule has 0 bridgehead atoms. The molecule has 0 aliphatic rings. The summed E-state index contributed by atoms with van der Waals surface area (Å²) in [6.45, 7) is 6.84. The van der Waals surface area contributed by atoms with Gasteiger partial charge in [0, 0.05) is 19.5 Å². The van der Waals surface area contributed by atoms with E-state index in [1.165, 1.54) is 0 Å². The first kappa shape index (κ1) is 14.8. The highest BCUT2D eigenvalue weighted by Crippen LogP contribution is 2.01. The molecule has 0 spiro atoms. The van der Waals surface area contributed by atoms with Crippen molar-refractivity contribution < 1.29 is 14.4 Å². The molecule has 0 aromatic carbocycles. The second-order valence-electron chi connectivity index (χ2n) is 3.75. The summed E-state index contributed by atoms with van der Waals surface area (Å²) >= 11 is 0. The Morgan fingerprint density at radius 2 is 1.44 bits per heavy atom. The van der Waals surface area contributed by atoms with Gasteiger partial charge in [-0.3, -0.25) is 14.4 Å². The predicted octanol–water partition coefficient (Wildman–Crippen LogP) is 1.57. The van der Waals surface area contributed by atoms with Gasteiger partial charge in [-0.05, 0) is 20.3 Å². The molecule has 0 aromatic heterocycles. The Bertz CT molecular complexity index is 257. The van der Waals surface area contributed by atoms with E-state index in [0.717, 1.165) is 6.42 Å². The molecular weight excluding hydrogens is 206 g/mol. The highest BCUT2D eigenvalue weighted by Gasteiger charge is 2.16. The lowest BCUT2D eigenvalue weighted by molar-refractivity contribution is -0.135. The van der Waals surface area contributed by atoms with E-state index in [2.05, 4.69) is 0 Å². The van der Waals surface area contributed by atoms with Gasteiger partial charge < -0.3 is 4.90 Å². The molecule has 1 amide bonds. The van der Waals surface area contributed by atoms with E-state index in [0.29, 0.717) is 19.5 Å². The van der Waals surface area contributed by atoms with Crippen molar-refractivity contribution in [2.45, 2.75) is 46.5 Å². The molecule has 0 rings (SSSR count). The number of nitrogens with zero attached hydrogens (tertiary/aromatic N) is 1. The van der Waals surface area contributed by atoms with E-state index >= 15 is 0 Å². The summed E-state index contributed by atoms with van der Waals surface area (Å²) in [7, 11) is 0. The van der Waals surface area contributed by atoms with Crippen molar-refractivity contribution in [2.75, 3.05) is 13.1 Å². The van der Waals surface area contributed by atoms with E-state index in [9.17, 15) is 14.4 Å². The van der Waals surface area contributed by atoms with Crippen LogP contribution in [0.5, 0.6) is 0 Å². The Hall–Kier alpha value is -1.19. The van der Waals surface area contributed by atoms with Crippen LogP contribution in [-0.2, 0) is 14.4 Å². The lowest BCUT2D eigenvalue weighted by atomic mass is 10.1. The summed E-state index contributed by atoms with van der Waals surface area (Å²) in [5.41, 5.74) is 0. The van der Waals surface area contributed by atoms with Gasteiger partial charge in [-0.2, -0.15) is 0 Å². The molecule has 0 N–H and O–H groups in total. The topological polar surface area (TPSA) is 54.5 Å². The maximum atomic E-state index is 11.5. The minimum Gasteiger partial charge on any atom is -0.343 e. The van der Waals surface area contributed by atoms with E-state index in [1.54, 1.807) is 4.90 Å². The van der Waals surface area contributed by atoms with Crippen molar-refractivity contribution in [3.8, 4) is 0 Å². The zero-order valence-corrected chi connectivity index (χ0v) is 10.4. The second-order valence-corrected chi connectivity index (χ2v) is 3.75. The third-order valence-electron chi connectivity index (χ3n) is 2.39. The maximum absolute atomic E-state index is 11.5. The molecule has 0 aliphatic carbocycles. The molecule has 4 nitrogen and oxygen atoms in total. The van der Waals surface area contributed by atoms with Crippen molar-refractivity contribution in [3.05, 3.63) is 0 Å². The van der Waals surface area contributed by atoms with Gasteiger partial charge in [0.1, 0.15) is 11.6 Å². The van der Waals surface area contributed by atoms with Crippen molar-refractivity contribution in [1.82, 2.24) is 4.90 Å². The Morgan fingerprint density at radius 3 is 1.88 bits per heavy atom. The molecule has 0 aromatic rings. The number of carbonyl (C=O) groups excluding carboxylic acids is 3. The van der Waals surface area contributed by atoms with Crippen LogP contribution in [0.1, 0.15) is 46.5 Å². The first-order valence-corrected chi connectivity index (χ1v) is 5.86. The zero-order chi connectivity index (χ0) is 12.6. The van der Waals surface area contributed by atoms with Crippen LogP contribution in [0.25, 0.3) is 0 Å². The van der Waals surface area contributed by atoms with Crippen molar-refractivity contribution >= 4 is 17.5 Å². The van der Waals surface area contributed by atoms with Crippen LogP contribution >= 0.6 is 0 Å². The lowest BCUT2D eigenvalue weighted by Crippen LogP contribution is -2.32. The average molecular weight is 227 g/mol. The summed E-state index contributed by atoms with van der Waals surface area (Å²) in [6, 6.07) is 0. The molecule has 0 heterocycles. The van der Waals surface area contributed by atoms with Gasteiger partial charge in [-0.25, -0.2) is 0 Å². The molecule has 0 saturated carbocycles. The summed E-state index contributed by atoms with van der Waals surface area (Å²) < 4.78 is 0. The maximum Gasteiger partial charge on any atom is 0.230 e. The summed E-state index contributed by atoms with van der Waals surface area (Å²) in [5.74, 6) is -0.519. The van der Waals surface area contributed by atoms with Gasteiger partial charge in [-0.15, -0.1) is 0 Å². The highest BCUT2D eigenvalue weighted by atomic mass is 16.2. The molecule has 16 heavy (non-hydrogen) atoms. The average Bonchev–Trinajstić information content (AvgIpc) is 2.19. The minimum atomic E-state index is -0.268. The quantitative estimate of drug-likeness (QED) is 0.591. The third kappa shape index (κ3) is 5.63. The van der Waals surface area contributed by atoms with Crippen LogP contribution in [0.2, 0.25) is 0 Å². The Balaban J connectivity index is 4.04. The lowest BCUT2D eigenvalue weighted by Gasteiger charge is -2.17. The van der Waals surface area contributed by atoms with E-state index in [1.807, 2.05) is 20.8 Å². The largest absolute Gasteiger partial charge is 0.343 e. The van der Waals surface area contributed by atoms with Crippen molar-refractivity contribution in [2.24, 2.45) is 0 Å². The zero-order valence-electron chi connectivity index (χ0n) is 10.4. The fourth-order valence-electron chi connectivity index (χ4n) is 1.51. The van der Waals surface area contributed by atoms with Crippen LogP contribution in [0, 0.1) is 0 Å².